The summed E-state index contributed by atoms with van der Waals surface area (Å²) in [4.78, 5) is 32.9. The second-order valence-electron chi connectivity index (χ2n) is 6.42. The van der Waals surface area contributed by atoms with Crippen molar-refractivity contribution < 1.29 is 13.9 Å². The number of rotatable bonds is 5. The van der Waals surface area contributed by atoms with Gasteiger partial charge in [-0.25, -0.2) is 19.3 Å². The smallest absolute Gasteiger partial charge is 0.250 e. The Bertz CT molecular complexity index is 1270. The Morgan fingerprint density at radius 3 is 2.70 bits per heavy atom. The van der Waals surface area contributed by atoms with E-state index < -0.39 is 5.82 Å². The van der Waals surface area contributed by atoms with Crippen molar-refractivity contribution in [2.75, 3.05) is 18.2 Å². The van der Waals surface area contributed by atoms with Crippen molar-refractivity contribution in [1.29, 1.82) is 0 Å². The van der Waals surface area contributed by atoms with Crippen molar-refractivity contribution in [3.05, 3.63) is 47.8 Å². The van der Waals surface area contributed by atoms with E-state index in [9.17, 15) is 9.18 Å². The lowest BCUT2D eigenvalue weighted by Gasteiger charge is -2.09. The van der Waals surface area contributed by atoms with Crippen LogP contribution < -0.4 is 15.8 Å². The molecule has 4 heterocycles. The highest BCUT2D eigenvalue weighted by molar-refractivity contribution is 5.94. The number of nitrogen functional groups attached to an aromatic ring is 1. The van der Waals surface area contributed by atoms with Gasteiger partial charge in [-0.1, -0.05) is 0 Å². The first-order valence-electron chi connectivity index (χ1n) is 8.84. The number of aryl methyl sites for hydroxylation is 1. The standard InChI is InChI=1S/C19H17FN8O2/c1-9(29)11-4-5-14-26-17(25-12-6-13(20)18(30-3)22-7-12)15(28(14)8-11)16-23-10(2)24-19(21)27-16/h4-8,25H,1-3H3,(H2,21,23,24,27). The lowest BCUT2D eigenvalue weighted by atomic mass is 10.2. The molecule has 0 unspecified atom stereocenters. The highest BCUT2D eigenvalue weighted by Crippen LogP contribution is 2.30. The van der Waals surface area contributed by atoms with Gasteiger partial charge in [0.1, 0.15) is 17.2 Å². The van der Waals surface area contributed by atoms with Crippen LogP contribution in [-0.4, -0.2) is 42.2 Å². The SMILES string of the molecule is COc1ncc(Nc2nc3ccc(C(C)=O)cn3c2-c2nc(C)nc(N)n2)cc1F. The molecule has 4 aromatic heterocycles. The van der Waals surface area contributed by atoms with Crippen LogP contribution in [0, 0.1) is 12.7 Å². The van der Waals surface area contributed by atoms with Crippen LogP contribution in [0.25, 0.3) is 17.2 Å². The third-order valence-corrected chi connectivity index (χ3v) is 4.26. The van der Waals surface area contributed by atoms with Gasteiger partial charge in [0, 0.05) is 17.8 Å². The van der Waals surface area contributed by atoms with Crippen molar-refractivity contribution in [2.24, 2.45) is 0 Å². The van der Waals surface area contributed by atoms with Gasteiger partial charge in [0.15, 0.2) is 23.2 Å². The summed E-state index contributed by atoms with van der Waals surface area (Å²) >= 11 is 0. The van der Waals surface area contributed by atoms with Crippen LogP contribution in [0.1, 0.15) is 23.1 Å². The molecule has 0 amide bonds. The molecule has 0 aliphatic carbocycles. The van der Waals surface area contributed by atoms with Crippen LogP contribution in [0.3, 0.4) is 0 Å². The zero-order valence-corrected chi connectivity index (χ0v) is 16.3. The number of carbonyl (C=O) groups excluding carboxylic acids is 1. The van der Waals surface area contributed by atoms with Gasteiger partial charge in [-0.3, -0.25) is 9.20 Å². The molecule has 11 heteroatoms. The number of hydrogen-bond donors (Lipinski definition) is 2. The Morgan fingerprint density at radius 1 is 1.23 bits per heavy atom. The van der Waals surface area contributed by atoms with Crippen LogP contribution in [-0.2, 0) is 0 Å². The van der Waals surface area contributed by atoms with Crippen LogP contribution >= 0.6 is 0 Å². The molecule has 0 fully saturated rings. The average Bonchev–Trinajstić information content (AvgIpc) is 3.04. The van der Waals surface area contributed by atoms with E-state index in [-0.39, 0.29) is 23.4 Å². The molecular weight excluding hydrogens is 391 g/mol. The van der Waals surface area contributed by atoms with Gasteiger partial charge < -0.3 is 15.8 Å². The van der Waals surface area contributed by atoms with E-state index in [0.29, 0.717) is 34.2 Å². The van der Waals surface area contributed by atoms with Gasteiger partial charge in [0.25, 0.3) is 0 Å². The molecule has 0 saturated carbocycles. The molecule has 152 valence electrons. The summed E-state index contributed by atoms with van der Waals surface area (Å²) in [6, 6.07) is 4.59. The van der Waals surface area contributed by atoms with Gasteiger partial charge in [0.2, 0.25) is 11.8 Å². The number of pyridine rings is 2. The van der Waals surface area contributed by atoms with E-state index in [1.807, 2.05) is 0 Å². The van der Waals surface area contributed by atoms with Crippen molar-refractivity contribution in [3.63, 3.8) is 0 Å². The normalized spacial score (nSPS) is 10.9. The number of anilines is 3. The van der Waals surface area contributed by atoms with Crippen molar-refractivity contribution in [3.8, 4) is 17.4 Å². The summed E-state index contributed by atoms with van der Waals surface area (Å²) in [5, 5.41) is 3.02. The number of carbonyl (C=O) groups is 1. The maximum absolute atomic E-state index is 14.1. The molecule has 0 atom stereocenters. The Labute approximate surface area is 170 Å². The number of imidazole rings is 1. The average molecular weight is 408 g/mol. The first kappa shape index (κ1) is 19.2. The number of aromatic nitrogens is 6. The summed E-state index contributed by atoms with van der Waals surface area (Å²) in [7, 11) is 1.33. The lowest BCUT2D eigenvalue weighted by Crippen LogP contribution is -2.05. The molecule has 30 heavy (non-hydrogen) atoms. The number of Topliss-reactive ketones (excluding diaryl/α,β-unsaturated/α-hetero) is 1. The molecule has 0 saturated heterocycles. The Kier molecular flexibility index (Phi) is 4.70. The lowest BCUT2D eigenvalue weighted by molar-refractivity contribution is 0.101. The molecule has 0 radical (unpaired) electrons. The van der Waals surface area contributed by atoms with E-state index in [1.165, 1.54) is 26.3 Å². The highest BCUT2D eigenvalue weighted by atomic mass is 19.1. The number of ketones is 1. The molecule has 0 bridgehead atoms. The van der Waals surface area contributed by atoms with Crippen LogP contribution in [0.5, 0.6) is 5.88 Å². The zero-order chi connectivity index (χ0) is 21.4. The van der Waals surface area contributed by atoms with E-state index in [0.717, 1.165) is 0 Å². The minimum atomic E-state index is -0.632. The minimum absolute atomic E-state index is 0.0401. The number of hydrogen-bond acceptors (Lipinski definition) is 9. The van der Waals surface area contributed by atoms with Crippen molar-refractivity contribution >= 4 is 28.9 Å². The molecule has 4 aromatic rings. The highest BCUT2D eigenvalue weighted by Gasteiger charge is 2.20. The van der Waals surface area contributed by atoms with Gasteiger partial charge in [-0.2, -0.15) is 9.97 Å². The third kappa shape index (κ3) is 3.48. The fraction of sp³-hybridized carbons (Fsp3) is 0.158. The fourth-order valence-electron chi connectivity index (χ4n) is 2.94. The Hall–Kier alpha value is -4.15. The molecular formula is C19H17FN8O2. The first-order valence-corrected chi connectivity index (χ1v) is 8.84. The third-order valence-electron chi connectivity index (χ3n) is 4.26. The van der Waals surface area contributed by atoms with Crippen LogP contribution in [0.15, 0.2) is 30.6 Å². The van der Waals surface area contributed by atoms with E-state index >= 15 is 0 Å². The minimum Gasteiger partial charge on any atom is -0.479 e. The second kappa shape index (κ2) is 7.35. The van der Waals surface area contributed by atoms with Gasteiger partial charge in [-0.15, -0.1) is 0 Å². The molecule has 0 aliphatic heterocycles. The molecule has 3 N–H and O–H groups in total. The quantitative estimate of drug-likeness (QED) is 0.478. The maximum Gasteiger partial charge on any atom is 0.250 e. The van der Waals surface area contributed by atoms with E-state index in [1.54, 1.807) is 29.7 Å². The number of nitrogens with two attached hydrogens (primary N) is 1. The molecule has 0 aliphatic rings. The predicted octanol–water partition coefficient (Wildman–Crippen LogP) is 2.57. The summed E-state index contributed by atoms with van der Waals surface area (Å²) in [5.41, 5.74) is 7.57. The van der Waals surface area contributed by atoms with Gasteiger partial charge in [0.05, 0.1) is 19.0 Å². The van der Waals surface area contributed by atoms with Crippen molar-refractivity contribution in [1.82, 2.24) is 29.3 Å². The molecule has 10 nitrogen and oxygen atoms in total. The zero-order valence-electron chi connectivity index (χ0n) is 16.3. The summed E-state index contributed by atoms with van der Waals surface area (Å²) in [5.74, 6) is 0.162. The number of halogens is 1. The molecule has 0 spiro atoms. The molecule has 4 rings (SSSR count). The summed E-state index contributed by atoms with van der Waals surface area (Å²) < 4.78 is 20.6. The van der Waals surface area contributed by atoms with Crippen molar-refractivity contribution in [2.45, 2.75) is 13.8 Å². The summed E-state index contributed by atoms with van der Waals surface area (Å²) in [6.45, 7) is 3.15. The first-order chi connectivity index (χ1) is 14.4. The van der Waals surface area contributed by atoms with Gasteiger partial charge in [-0.05, 0) is 26.0 Å². The number of nitrogens with zero attached hydrogens (tertiary/aromatic N) is 6. The number of methoxy groups -OCH3 is 1. The van der Waals surface area contributed by atoms with E-state index in [2.05, 4.69) is 30.2 Å². The molecule has 0 aromatic carbocycles. The maximum atomic E-state index is 14.1. The topological polar surface area (TPSA) is 133 Å². The Morgan fingerprint density at radius 2 is 2.03 bits per heavy atom. The van der Waals surface area contributed by atoms with Gasteiger partial charge >= 0.3 is 0 Å². The number of ether oxygens (including phenoxy) is 1. The van der Waals surface area contributed by atoms with E-state index in [4.69, 9.17) is 10.5 Å². The predicted molar refractivity (Wildman–Crippen MR) is 107 cm³/mol. The largest absolute Gasteiger partial charge is 0.479 e. The van der Waals surface area contributed by atoms with Crippen LogP contribution in [0.2, 0.25) is 0 Å². The fourth-order valence-corrected chi connectivity index (χ4v) is 2.94. The second-order valence-corrected chi connectivity index (χ2v) is 6.42. The summed E-state index contributed by atoms with van der Waals surface area (Å²) in [6.07, 6.45) is 3.04. The Balaban J connectivity index is 1.92. The van der Waals surface area contributed by atoms with Crippen LogP contribution in [0.4, 0.5) is 21.8 Å². The number of nitrogens with one attached hydrogen (secondary N) is 1. The number of fused-ring (bicyclic) bond motifs is 1. The monoisotopic (exact) mass is 408 g/mol.